The van der Waals surface area contributed by atoms with Crippen LogP contribution in [0.5, 0.6) is 0 Å². The molecule has 0 fully saturated rings. The highest BCUT2D eigenvalue weighted by Gasteiger charge is 2.21. The fourth-order valence-electron chi connectivity index (χ4n) is 1.70. The van der Waals surface area contributed by atoms with E-state index in [0.717, 1.165) is 13.1 Å². The van der Waals surface area contributed by atoms with E-state index < -0.39 is 0 Å². The molecule has 0 atom stereocenters. The van der Waals surface area contributed by atoms with Gasteiger partial charge in [0.25, 0.3) is 5.91 Å². The minimum Gasteiger partial charge on any atom is -0.335 e. The number of aromatic amines is 1. The summed E-state index contributed by atoms with van der Waals surface area (Å²) in [7, 11) is 0. The number of hydrogen-bond donors (Lipinski definition) is 1. The second kappa shape index (κ2) is 5.80. The highest BCUT2D eigenvalue weighted by Crippen LogP contribution is 2.07. The number of aryl methyl sites for hydroxylation is 1. The normalized spacial score (nSPS) is 11.2. The molecule has 1 heterocycles. The van der Waals surface area contributed by atoms with Gasteiger partial charge in [0, 0.05) is 13.1 Å². The molecule has 5 heteroatoms. The zero-order valence-electron chi connectivity index (χ0n) is 11.3. The van der Waals surface area contributed by atoms with E-state index in [4.69, 9.17) is 0 Å². The van der Waals surface area contributed by atoms with Gasteiger partial charge in [-0.15, -0.1) is 5.10 Å². The van der Waals surface area contributed by atoms with Crippen LogP contribution in [0.2, 0.25) is 0 Å². The summed E-state index contributed by atoms with van der Waals surface area (Å²) in [5.74, 6) is 1.73. The van der Waals surface area contributed by atoms with Crippen molar-refractivity contribution < 1.29 is 4.79 Å². The molecule has 0 aromatic carbocycles. The smallest absolute Gasteiger partial charge is 0.293 e. The van der Waals surface area contributed by atoms with E-state index >= 15 is 0 Å². The van der Waals surface area contributed by atoms with Crippen LogP contribution >= 0.6 is 0 Å². The molecule has 0 aliphatic rings. The largest absolute Gasteiger partial charge is 0.335 e. The number of amides is 1. The molecular weight excluding hydrogens is 216 g/mol. The summed E-state index contributed by atoms with van der Waals surface area (Å²) in [5, 5.41) is 6.63. The third-order valence-corrected chi connectivity index (χ3v) is 2.25. The molecule has 0 unspecified atom stereocenters. The predicted octanol–water partition coefficient (Wildman–Crippen LogP) is 1.87. The van der Waals surface area contributed by atoms with Crippen molar-refractivity contribution >= 4 is 5.91 Å². The number of nitrogens with zero attached hydrogens (tertiary/aromatic N) is 3. The molecule has 0 saturated carbocycles. The molecule has 0 aliphatic carbocycles. The fraction of sp³-hybridized carbons (Fsp3) is 0.750. The van der Waals surface area contributed by atoms with Gasteiger partial charge < -0.3 is 4.90 Å². The Morgan fingerprint density at radius 3 is 2.12 bits per heavy atom. The molecule has 1 rings (SSSR count). The van der Waals surface area contributed by atoms with Gasteiger partial charge in [-0.3, -0.25) is 9.89 Å². The van der Waals surface area contributed by atoms with Crippen LogP contribution < -0.4 is 0 Å². The molecule has 96 valence electrons. The summed E-state index contributed by atoms with van der Waals surface area (Å²) in [5.41, 5.74) is 0. The van der Waals surface area contributed by atoms with E-state index in [1.54, 1.807) is 6.92 Å². The number of carbonyl (C=O) groups excluding carboxylic acids is 1. The van der Waals surface area contributed by atoms with E-state index in [2.05, 4.69) is 42.9 Å². The summed E-state index contributed by atoms with van der Waals surface area (Å²) >= 11 is 0. The standard InChI is InChI=1S/C12H22N4O/c1-8(2)6-16(7-9(3)4)12(17)11-13-10(5)14-15-11/h8-9H,6-7H2,1-5H3,(H,13,14,15). The first-order valence-electron chi connectivity index (χ1n) is 6.08. The van der Waals surface area contributed by atoms with Crippen molar-refractivity contribution in [2.75, 3.05) is 13.1 Å². The van der Waals surface area contributed by atoms with E-state index in [9.17, 15) is 4.79 Å². The lowest BCUT2D eigenvalue weighted by Gasteiger charge is -2.25. The second-order valence-corrected chi connectivity index (χ2v) is 5.24. The third kappa shape index (κ3) is 4.17. The highest BCUT2D eigenvalue weighted by molar-refractivity contribution is 5.90. The van der Waals surface area contributed by atoms with Crippen molar-refractivity contribution in [3.63, 3.8) is 0 Å². The molecule has 1 N–H and O–H groups in total. The quantitative estimate of drug-likeness (QED) is 0.851. The second-order valence-electron chi connectivity index (χ2n) is 5.24. The van der Waals surface area contributed by atoms with Gasteiger partial charge in [0.15, 0.2) is 0 Å². The maximum atomic E-state index is 12.2. The predicted molar refractivity (Wildman–Crippen MR) is 66.7 cm³/mol. The first-order valence-corrected chi connectivity index (χ1v) is 6.08. The van der Waals surface area contributed by atoms with Gasteiger partial charge in [-0.25, -0.2) is 4.98 Å². The molecule has 1 amide bonds. The number of rotatable bonds is 5. The first-order chi connectivity index (χ1) is 7.90. The zero-order valence-corrected chi connectivity index (χ0v) is 11.3. The van der Waals surface area contributed by atoms with E-state index in [1.807, 2.05) is 4.90 Å². The van der Waals surface area contributed by atoms with Gasteiger partial charge in [0.2, 0.25) is 5.82 Å². The van der Waals surface area contributed by atoms with Gasteiger partial charge in [0.05, 0.1) is 0 Å². The minimum absolute atomic E-state index is 0.0863. The highest BCUT2D eigenvalue weighted by atomic mass is 16.2. The molecule has 1 aromatic heterocycles. The van der Waals surface area contributed by atoms with Gasteiger partial charge in [-0.2, -0.15) is 0 Å². The average Bonchev–Trinajstić information content (AvgIpc) is 2.61. The number of aromatic nitrogens is 3. The number of H-pyrrole nitrogens is 1. The van der Waals surface area contributed by atoms with Crippen molar-refractivity contribution in [2.45, 2.75) is 34.6 Å². The number of carbonyl (C=O) groups is 1. The Hall–Kier alpha value is -1.39. The third-order valence-electron chi connectivity index (χ3n) is 2.25. The SMILES string of the molecule is Cc1nc(C(=O)N(CC(C)C)CC(C)C)n[nH]1. The van der Waals surface area contributed by atoms with Gasteiger partial charge in [0.1, 0.15) is 5.82 Å². The number of nitrogens with one attached hydrogen (secondary N) is 1. The molecule has 0 aliphatic heterocycles. The Kier molecular flexibility index (Phi) is 4.66. The molecular formula is C12H22N4O. The maximum absolute atomic E-state index is 12.2. The van der Waals surface area contributed by atoms with Crippen molar-refractivity contribution in [1.29, 1.82) is 0 Å². The zero-order chi connectivity index (χ0) is 13.0. The van der Waals surface area contributed by atoms with Crippen molar-refractivity contribution in [3.8, 4) is 0 Å². The molecule has 0 spiro atoms. The van der Waals surface area contributed by atoms with Gasteiger partial charge in [-0.05, 0) is 18.8 Å². The van der Waals surface area contributed by atoms with Gasteiger partial charge >= 0.3 is 0 Å². The lowest BCUT2D eigenvalue weighted by Crippen LogP contribution is -2.37. The average molecular weight is 238 g/mol. The summed E-state index contributed by atoms with van der Waals surface area (Å²) in [6.07, 6.45) is 0. The van der Waals surface area contributed by atoms with E-state index in [0.29, 0.717) is 17.7 Å². The Bertz CT molecular complexity index is 360. The summed E-state index contributed by atoms with van der Waals surface area (Å²) in [6, 6.07) is 0. The summed E-state index contributed by atoms with van der Waals surface area (Å²) in [4.78, 5) is 18.1. The lowest BCUT2D eigenvalue weighted by atomic mass is 10.1. The van der Waals surface area contributed by atoms with Crippen LogP contribution in [-0.2, 0) is 0 Å². The lowest BCUT2D eigenvalue weighted by molar-refractivity contribution is 0.0703. The summed E-state index contributed by atoms with van der Waals surface area (Å²) < 4.78 is 0. The molecule has 1 aromatic rings. The van der Waals surface area contributed by atoms with Crippen molar-refractivity contribution in [2.24, 2.45) is 11.8 Å². The Balaban J connectivity index is 2.78. The molecule has 0 bridgehead atoms. The monoisotopic (exact) mass is 238 g/mol. The van der Waals surface area contributed by atoms with E-state index in [1.165, 1.54) is 0 Å². The minimum atomic E-state index is -0.0863. The Morgan fingerprint density at radius 2 is 1.76 bits per heavy atom. The van der Waals surface area contributed by atoms with Crippen LogP contribution in [-0.4, -0.2) is 39.1 Å². The van der Waals surface area contributed by atoms with Crippen LogP contribution in [0.1, 0.15) is 44.1 Å². The topological polar surface area (TPSA) is 61.9 Å². The number of hydrogen-bond acceptors (Lipinski definition) is 3. The first kappa shape index (κ1) is 13.7. The molecule has 0 radical (unpaired) electrons. The molecule has 5 nitrogen and oxygen atoms in total. The molecule has 0 saturated heterocycles. The van der Waals surface area contributed by atoms with Crippen LogP contribution in [0.15, 0.2) is 0 Å². The van der Waals surface area contributed by atoms with Gasteiger partial charge in [-0.1, -0.05) is 27.7 Å². The summed E-state index contributed by atoms with van der Waals surface area (Å²) in [6.45, 7) is 11.7. The van der Waals surface area contributed by atoms with Crippen molar-refractivity contribution in [1.82, 2.24) is 20.1 Å². The van der Waals surface area contributed by atoms with Crippen LogP contribution in [0.25, 0.3) is 0 Å². The fourth-order valence-corrected chi connectivity index (χ4v) is 1.70. The van der Waals surface area contributed by atoms with Crippen LogP contribution in [0.4, 0.5) is 0 Å². The molecule has 17 heavy (non-hydrogen) atoms. The Labute approximate surface area is 103 Å². The Morgan fingerprint density at radius 1 is 1.24 bits per heavy atom. The maximum Gasteiger partial charge on any atom is 0.293 e. The van der Waals surface area contributed by atoms with Crippen LogP contribution in [0, 0.1) is 18.8 Å². The van der Waals surface area contributed by atoms with Crippen molar-refractivity contribution in [3.05, 3.63) is 11.6 Å². The van der Waals surface area contributed by atoms with Crippen LogP contribution in [0.3, 0.4) is 0 Å². The van der Waals surface area contributed by atoms with E-state index in [-0.39, 0.29) is 11.7 Å².